The number of allylic oxidation sites excluding steroid dienone is 1. The smallest absolute Gasteiger partial charge is 0.0577 e. The fourth-order valence-corrected chi connectivity index (χ4v) is 1.63. The molecule has 0 aromatic heterocycles. The molecule has 0 unspecified atom stereocenters. The average Bonchev–Trinajstić information content (AvgIpc) is 2.15. The van der Waals surface area contributed by atoms with Gasteiger partial charge >= 0.3 is 0 Å². The molecule has 14 heavy (non-hydrogen) atoms. The average molecular weight is 302 g/mol. The van der Waals surface area contributed by atoms with Gasteiger partial charge in [0.25, 0.3) is 0 Å². The Morgan fingerprint density at radius 1 is 1.43 bits per heavy atom. The Hall–Kier alpha value is -0.710. The minimum Gasteiger partial charge on any atom is -0.397 e. The topological polar surface area (TPSA) is 38.0 Å². The molecule has 3 heteroatoms. The van der Waals surface area contributed by atoms with Crippen LogP contribution in [0.1, 0.15) is 13.3 Å². The van der Waals surface area contributed by atoms with E-state index < -0.39 is 0 Å². The number of rotatable bonds is 4. The van der Waals surface area contributed by atoms with Gasteiger partial charge < -0.3 is 11.1 Å². The summed E-state index contributed by atoms with van der Waals surface area (Å²) in [6, 6.07) is 6.02. The number of halogens is 1. The Bertz CT molecular complexity index is 321. The molecule has 0 aliphatic rings. The maximum atomic E-state index is 5.84. The summed E-state index contributed by atoms with van der Waals surface area (Å²) < 4.78 is 1.16. The van der Waals surface area contributed by atoms with Crippen LogP contribution in [0.2, 0.25) is 0 Å². The second-order valence-corrected chi connectivity index (χ2v) is 4.24. The van der Waals surface area contributed by atoms with Gasteiger partial charge in [0.1, 0.15) is 0 Å². The first-order chi connectivity index (χ1) is 6.74. The van der Waals surface area contributed by atoms with Crippen molar-refractivity contribution >= 4 is 34.0 Å². The first kappa shape index (κ1) is 11.4. The van der Waals surface area contributed by atoms with Gasteiger partial charge in [0, 0.05) is 10.1 Å². The van der Waals surface area contributed by atoms with Gasteiger partial charge in [-0.15, -0.1) is 0 Å². The molecule has 0 fully saturated rings. The highest BCUT2D eigenvalue weighted by Gasteiger charge is 1.96. The molecule has 0 spiro atoms. The summed E-state index contributed by atoms with van der Waals surface area (Å²) in [6.07, 6.45) is 5.32. The van der Waals surface area contributed by atoms with E-state index in [0.29, 0.717) is 0 Å². The molecule has 0 amide bonds. The molecule has 3 N–H and O–H groups in total. The van der Waals surface area contributed by atoms with Crippen molar-refractivity contribution in [2.24, 2.45) is 0 Å². The van der Waals surface area contributed by atoms with Gasteiger partial charge in [-0.2, -0.15) is 0 Å². The molecule has 0 bridgehead atoms. The van der Waals surface area contributed by atoms with Crippen LogP contribution in [0, 0.1) is 3.57 Å². The van der Waals surface area contributed by atoms with E-state index in [1.54, 1.807) is 0 Å². The van der Waals surface area contributed by atoms with Gasteiger partial charge in [0.05, 0.1) is 11.4 Å². The molecule has 0 aliphatic carbocycles. The van der Waals surface area contributed by atoms with Crippen LogP contribution < -0.4 is 11.1 Å². The van der Waals surface area contributed by atoms with E-state index in [1.165, 1.54) is 0 Å². The van der Waals surface area contributed by atoms with E-state index in [0.717, 1.165) is 27.9 Å². The fourth-order valence-electron chi connectivity index (χ4n) is 1.11. The standard InChI is InChI=1S/C11H15IN2/c1-2-3-4-7-14-11-6-5-9(12)8-10(11)13/h3-6,8,14H,2,7,13H2,1H3/b4-3+. The molecule has 0 aliphatic heterocycles. The minimum absolute atomic E-state index is 0.807. The number of nitrogens with one attached hydrogen (secondary N) is 1. The Morgan fingerprint density at radius 2 is 2.21 bits per heavy atom. The molecule has 1 aromatic rings. The number of benzene rings is 1. The van der Waals surface area contributed by atoms with Crippen LogP contribution in [-0.4, -0.2) is 6.54 Å². The Kier molecular flexibility index (Phi) is 4.79. The number of hydrogen-bond donors (Lipinski definition) is 2. The lowest BCUT2D eigenvalue weighted by Gasteiger charge is -2.07. The van der Waals surface area contributed by atoms with E-state index in [4.69, 9.17) is 5.73 Å². The highest BCUT2D eigenvalue weighted by Crippen LogP contribution is 2.20. The van der Waals surface area contributed by atoms with Crippen molar-refractivity contribution in [3.63, 3.8) is 0 Å². The number of hydrogen-bond acceptors (Lipinski definition) is 2. The van der Waals surface area contributed by atoms with E-state index in [2.05, 4.69) is 47.0 Å². The Morgan fingerprint density at radius 3 is 2.86 bits per heavy atom. The van der Waals surface area contributed by atoms with Crippen LogP contribution in [0.4, 0.5) is 11.4 Å². The van der Waals surface area contributed by atoms with Gasteiger partial charge in [0.15, 0.2) is 0 Å². The van der Waals surface area contributed by atoms with Gasteiger partial charge in [-0.25, -0.2) is 0 Å². The van der Waals surface area contributed by atoms with E-state index >= 15 is 0 Å². The highest BCUT2D eigenvalue weighted by molar-refractivity contribution is 14.1. The highest BCUT2D eigenvalue weighted by atomic mass is 127. The largest absolute Gasteiger partial charge is 0.397 e. The molecule has 0 saturated carbocycles. The summed E-state index contributed by atoms with van der Waals surface area (Å²) in [7, 11) is 0. The van der Waals surface area contributed by atoms with Crippen molar-refractivity contribution in [3.05, 3.63) is 33.9 Å². The van der Waals surface area contributed by atoms with E-state index in [-0.39, 0.29) is 0 Å². The van der Waals surface area contributed by atoms with Crippen molar-refractivity contribution in [3.8, 4) is 0 Å². The molecule has 1 aromatic carbocycles. The predicted molar refractivity (Wildman–Crippen MR) is 71.5 cm³/mol. The van der Waals surface area contributed by atoms with Crippen LogP contribution in [0.5, 0.6) is 0 Å². The molecule has 76 valence electrons. The third-order valence-corrected chi connectivity index (χ3v) is 2.50. The summed E-state index contributed by atoms with van der Waals surface area (Å²) in [5.41, 5.74) is 7.66. The maximum absolute atomic E-state index is 5.84. The monoisotopic (exact) mass is 302 g/mol. The molecular formula is C11H15IN2. The van der Waals surface area contributed by atoms with Gasteiger partial charge in [-0.3, -0.25) is 0 Å². The van der Waals surface area contributed by atoms with Crippen LogP contribution in [-0.2, 0) is 0 Å². The molecule has 1 rings (SSSR count). The van der Waals surface area contributed by atoms with Crippen molar-refractivity contribution in [2.75, 3.05) is 17.6 Å². The minimum atomic E-state index is 0.807. The lowest BCUT2D eigenvalue weighted by molar-refractivity contribution is 1.20. The SMILES string of the molecule is CC/C=C/CNc1ccc(I)cc1N. The van der Waals surface area contributed by atoms with Gasteiger partial charge in [0.2, 0.25) is 0 Å². The summed E-state index contributed by atoms with van der Waals surface area (Å²) in [6.45, 7) is 2.95. The van der Waals surface area contributed by atoms with Gasteiger partial charge in [-0.1, -0.05) is 19.1 Å². The second kappa shape index (κ2) is 5.90. The Labute approximate surface area is 98.7 Å². The lowest BCUT2D eigenvalue weighted by Crippen LogP contribution is -2.01. The van der Waals surface area contributed by atoms with Gasteiger partial charge in [-0.05, 0) is 47.2 Å². The van der Waals surface area contributed by atoms with Crippen LogP contribution in [0.25, 0.3) is 0 Å². The zero-order valence-electron chi connectivity index (χ0n) is 8.26. The van der Waals surface area contributed by atoms with Crippen LogP contribution >= 0.6 is 22.6 Å². The summed E-state index contributed by atoms with van der Waals surface area (Å²) in [5.74, 6) is 0. The Balaban J connectivity index is 2.55. The van der Waals surface area contributed by atoms with Crippen LogP contribution in [0.3, 0.4) is 0 Å². The van der Waals surface area contributed by atoms with Crippen molar-refractivity contribution < 1.29 is 0 Å². The fraction of sp³-hybridized carbons (Fsp3) is 0.273. The summed E-state index contributed by atoms with van der Waals surface area (Å²) in [4.78, 5) is 0. The third kappa shape index (κ3) is 3.57. The zero-order valence-corrected chi connectivity index (χ0v) is 10.4. The lowest BCUT2D eigenvalue weighted by atomic mass is 10.2. The molecule has 0 heterocycles. The third-order valence-electron chi connectivity index (χ3n) is 1.83. The zero-order chi connectivity index (χ0) is 10.4. The predicted octanol–water partition coefficient (Wildman–Crippen LogP) is 3.25. The summed E-state index contributed by atoms with van der Waals surface area (Å²) in [5, 5.41) is 3.26. The van der Waals surface area contributed by atoms with E-state index in [9.17, 15) is 0 Å². The van der Waals surface area contributed by atoms with Crippen molar-refractivity contribution in [1.29, 1.82) is 0 Å². The number of nitrogens with two attached hydrogens (primary N) is 1. The van der Waals surface area contributed by atoms with E-state index in [1.807, 2.05) is 18.2 Å². The van der Waals surface area contributed by atoms with Crippen molar-refractivity contribution in [1.82, 2.24) is 0 Å². The quantitative estimate of drug-likeness (QED) is 0.509. The first-order valence-corrected chi connectivity index (χ1v) is 5.75. The molecular weight excluding hydrogens is 287 g/mol. The number of nitrogen functional groups attached to an aromatic ring is 1. The van der Waals surface area contributed by atoms with Crippen molar-refractivity contribution in [2.45, 2.75) is 13.3 Å². The van der Waals surface area contributed by atoms with Crippen LogP contribution in [0.15, 0.2) is 30.4 Å². The summed E-state index contributed by atoms with van der Waals surface area (Å²) >= 11 is 2.25. The number of anilines is 2. The maximum Gasteiger partial charge on any atom is 0.0577 e. The molecule has 0 saturated heterocycles. The normalized spacial score (nSPS) is 10.7. The second-order valence-electron chi connectivity index (χ2n) is 2.99. The molecule has 2 nitrogen and oxygen atoms in total. The molecule has 0 atom stereocenters. The first-order valence-electron chi connectivity index (χ1n) is 4.68. The molecule has 0 radical (unpaired) electrons.